The molecule has 6 nitrogen and oxygen atoms in total. The van der Waals surface area contributed by atoms with Crippen molar-refractivity contribution in [2.75, 3.05) is 11.4 Å². The Labute approximate surface area is 147 Å². The van der Waals surface area contributed by atoms with E-state index in [0.717, 1.165) is 43.4 Å². The molecule has 3 amide bonds. The van der Waals surface area contributed by atoms with Crippen molar-refractivity contribution in [3.63, 3.8) is 0 Å². The summed E-state index contributed by atoms with van der Waals surface area (Å²) in [6, 6.07) is 7.50. The van der Waals surface area contributed by atoms with Crippen molar-refractivity contribution >= 4 is 23.4 Å². The third-order valence-corrected chi connectivity index (χ3v) is 5.20. The van der Waals surface area contributed by atoms with Gasteiger partial charge < -0.3 is 16.0 Å². The number of hydrogen-bond donors (Lipinski definition) is 2. The van der Waals surface area contributed by atoms with Crippen molar-refractivity contribution in [3.05, 3.63) is 29.8 Å². The minimum atomic E-state index is -0.360. The summed E-state index contributed by atoms with van der Waals surface area (Å²) in [5.74, 6) is -0.940. The zero-order valence-corrected chi connectivity index (χ0v) is 14.4. The van der Waals surface area contributed by atoms with Gasteiger partial charge in [0, 0.05) is 18.2 Å². The van der Waals surface area contributed by atoms with Gasteiger partial charge in [0.1, 0.15) is 6.54 Å². The molecule has 0 bridgehead atoms. The van der Waals surface area contributed by atoms with Crippen molar-refractivity contribution in [1.29, 1.82) is 0 Å². The van der Waals surface area contributed by atoms with Crippen molar-refractivity contribution < 1.29 is 14.4 Å². The molecule has 25 heavy (non-hydrogen) atoms. The third-order valence-electron chi connectivity index (χ3n) is 5.20. The number of nitrogens with one attached hydrogen (secondary N) is 1. The zero-order chi connectivity index (χ0) is 17.8. The van der Waals surface area contributed by atoms with Crippen LogP contribution >= 0.6 is 0 Å². The fourth-order valence-corrected chi connectivity index (χ4v) is 3.90. The van der Waals surface area contributed by atoms with Crippen LogP contribution < -0.4 is 16.0 Å². The molecule has 0 radical (unpaired) electrons. The summed E-state index contributed by atoms with van der Waals surface area (Å²) in [6.07, 6.45) is 5.47. The molecule has 1 fully saturated rings. The lowest BCUT2D eigenvalue weighted by Crippen LogP contribution is -2.50. The highest BCUT2D eigenvalue weighted by molar-refractivity contribution is 6.00. The van der Waals surface area contributed by atoms with Gasteiger partial charge in [0.25, 0.3) is 0 Å². The molecule has 1 aliphatic heterocycles. The molecule has 1 aromatic carbocycles. The van der Waals surface area contributed by atoms with Gasteiger partial charge in [-0.1, -0.05) is 31.0 Å². The van der Waals surface area contributed by atoms with Crippen LogP contribution in [0.1, 0.15) is 44.1 Å². The van der Waals surface area contributed by atoms with Crippen LogP contribution in [0, 0.1) is 5.92 Å². The molecule has 3 N–H and O–H groups in total. The van der Waals surface area contributed by atoms with Crippen molar-refractivity contribution in [1.82, 2.24) is 5.32 Å². The number of aryl methyl sites for hydroxylation is 1. The number of anilines is 1. The van der Waals surface area contributed by atoms with Gasteiger partial charge in [-0.05, 0) is 37.3 Å². The number of nitrogens with two attached hydrogens (primary N) is 1. The Hall–Kier alpha value is -2.37. The van der Waals surface area contributed by atoms with Crippen molar-refractivity contribution in [2.24, 2.45) is 11.7 Å². The maximum atomic E-state index is 12.6. The highest BCUT2D eigenvalue weighted by atomic mass is 16.2. The second-order valence-electron chi connectivity index (χ2n) is 6.93. The molecule has 6 heteroatoms. The molecule has 3 rings (SSSR count). The molecule has 0 saturated heterocycles. The Kier molecular flexibility index (Phi) is 5.36. The van der Waals surface area contributed by atoms with Gasteiger partial charge in [-0.3, -0.25) is 14.4 Å². The first-order chi connectivity index (χ1) is 12.1. The van der Waals surface area contributed by atoms with E-state index in [1.54, 1.807) is 4.90 Å². The van der Waals surface area contributed by atoms with Gasteiger partial charge in [-0.15, -0.1) is 0 Å². The van der Waals surface area contributed by atoms with E-state index in [0.29, 0.717) is 12.8 Å². The first kappa shape index (κ1) is 17.5. The molecule has 134 valence electrons. The quantitative estimate of drug-likeness (QED) is 0.868. The van der Waals surface area contributed by atoms with Gasteiger partial charge in [0.2, 0.25) is 17.7 Å². The summed E-state index contributed by atoms with van der Waals surface area (Å²) in [5.41, 5.74) is 7.38. The van der Waals surface area contributed by atoms with E-state index < -0.39 is 0 Å². The van der Waals surface area contributed by atoms with Gasteiger partial charge in [-0.2, -0.15) is 0 Å². The summed E-state index contributed by atoms with van der Waals surface area (Å²) >= 11 is 0. The summed E-state index contributed by atoms with van der Waals surface area (Å²) in [6.45, 7) is -0.0160. The van der Waals surface area contributed by atoms with Gasteiger partial charge in [-0.25, -0.2) is 0 Å². The van der Waals surface area contributed by atoms with E-state index in [2.05, 4.69) is 5.32 Å². The summed E-state index contributed by atoms with van der Waals surface area (Å²) in [5, 5.41) is 2.94. The molecule has 0 aromatic heterocycles. The van der Waals surface area contributed by atoms with Crippen molar-refractivity contribution in [2.45, 2.75) is 51.0 Å². The van der Waals surface area contributed by atoms with Crippen LogP contribution in [0.4, 0.5) is 5.69 Å². The largest absolute Gasteiger partial charge is 0.369 e. The summed E-state index contributed by atoms with van der Waals surface area (Å²) in [4.78, 5) is 38.2. The summed E-state index contributed by atoms with van der Waals surface area (Å²) in [7, 11) is 0. The number of para-hydroxylation sites is 1. The standard InChI is InChI=1S/C19H25N3O3/c20-19(25)14-8-2-3-9-15(14)21-17(23)12-22-16-10-4-1-6-13(16)7-5-11-18(22)24/h1,4,6,10,14-15H,2-3,5,7-9,11-12H2,(H2,20,25)(H,21,23). The average Bonchev–Trinajstić information content (AvgIpc) is 2.75. The van der Waals surface area contributed by atoms with E-state index in [4.69, 9.17) is 5.73 Å². The third kappa shape index (κ3) is 4.00. The predicted octanol–water partition coefficient (Wildman–Crippen LogP) is 1.52. The second kappa shape index (κ2) is 7.68. The molecule has 1 saturated carbocycles. The lowest BCUT2D eigenvalue weighted by molar-refractivity contribution is -0.127. The minimum Gasteiger partial charge on any atom is -0.369 e. The Morgan fingerprint density at radius 1 is 1.12 bits per heavy atom. The van der Waals surface area contributed by atoms with Gasteiger partial charge in [0.15, 0.2) is 0 Å². The van der Waals surface area contributed by atoms with E-state index in [1.165, 1.54) is 0 Å². The average molecular weight is 343 g/mol. The van der Waals surface area contributed by atoms with Crippen molar-refractivity contribution in [3.8, 4) is 0 Å². The Morgan fingerprint density at radius 3 is 2.68 bits per heavy atom. The number of carbonyl (C=O) groups is 3. The van der Waals surface area contributed by atoms with Gasteiger partial charge in [0.05, 0.1) is 5.92 Å². The number of carbonyl (C=O) groups excluding carboxylic acids is 3. The number of benzene rings is 1. The maximum Gasteiger partial charge on any atom is 0.240 e. The first-order valence-corrected chi connectivity index (χ1v) is 9.03. The Morgan fingerprint density at radius 2 is 1.88 bits per heavy atom. The molecule has 1 aromatic rings. The van der Waals surface area contributed by atoms with Crippen LogP contribution in [0.2, 0.25) is 0 Å². The highest BCUT2D eigenvalue weighted by Gasteiger charge is 2.31. The molecule has 2 aliphatic rings. The van der Waals surface area contributed by atoms with Crippen LogP contribution in [-0.2, 0) is 20.8 Å². The smallest absolute Gasteiger partial charge is 0.240 e. The van der Waals surface area contributed by atoms with Crippen LogP contribution in [0.3, 0.4) is 0 Å². The number of rotatable bonds is 4. The molecule has 0 spiro atoms. The lowest BCUT2D eigenvalue weighted by atomic mass is 9.84. The van der Waals surface area contributed by atoms with E-state index in [-0.39, 0.29) is 36.2 Å². The maximum absolute atomic E-state index is 12.6. The number of hydrogen-bond acceptors (Lipinski definition) is 3. The predicted molar refractivity (Wildman–Crippen MR) is 94.8 cm³/mol. The number of nitrogens with zero attached hydrogens (tertiary/aromatic N) is 1. The first-order valence-electron chi connectivity index (χ1n) is 9.03. The molecule has 1 aliphatic carbocycles. The fraction of sp³-hybridized carbons (Fsp3) is 0.526. The zero-order valence-electron chi connectivity index (χ0n) is 14.4. The summed E-state index contributed by atoms with van der Waals surface area (Å²) < 4.78 is 0. The second-order valence-corrected chi connectivity index (χ2v) is 6.93. The van der Waals surface area contributed by atoms with E-state index in [1.807, 2.05) is 24.3 Å². The molecule has 1 heterocycles. The fourth-order valence-electron chi connectivity index (χ4n) is 3.90. The number of fused-ring (bicyclic) bond motifs is 1. The SMILES string of the molecule is NC(=O)C1CCCCC1NC(=O)CN1C(=O)CCCc2ccccc21. The molecule has 2 atom stereocenters. The highest BCUT2D eigenvalue weighted by Crippen LogP contribution is 2.27. The van der Waals surface area contributed by atoms with E-state index in [9.17, 15) is 14.4 Å². The van der Waals surface area contributed by atoms with Crippen LogP contribution in [-0.4, -0.2) is 30.3 Å². The monoisotopic (exact) mass is 343 g/mol. The van der Waals surface area contributed by atoms with E-state index >= 15 is 0 Å². The minimum absolute atomic E-state index is 0.0160. The molecule has 2 unspecified atom stereocenters. The Balaban J connectivity index is 1.71. The van der Waals surface area contributed by atoms with Crippen LogP contribution in [0.5, 0.6) is 0 Å². The molecular formula is C19H25N3O3. The number of amides is 3. The molecular weight excluding hydrogens is 318 g/mol. The van der Waals surface area contributed by atoms with Crippen LogP contribution in [0.15, 0.2) is 24.3 Å². The topological polar surface area (TPSA) is 92.5 Å². The normalized spacial score (nSPS) is 23.5. The number of primary amides is 1. The lowest BCUT2D eigenvalue weighted by Gasteiger charge is -2.31. The van der Waals surface area contributed by atoms with Crippen LogP contribution in [0.25, 0.3) is 0 Å². The van der Waals surface area contributed by atoms with Gasteiger partial charge >= 0.3 is 0 Å². The Bertz CT molecular complexity index is 674.